The van der Waals surface area contributed by atoms with Gasteiger partial charge in [-0.25, -0.2) is 9.97 Å². The minimum Gasteiger partial charge on any atom is -0.478 e. The van der Waals surface area contributed by atoms with Crippen LogP contribution in [0.2, 0.25) is 0 Å². The lowest BCUT2D eigenvalue weighted by Crippen LogP contribution is -2.38. The predicted molar refractivity (Wildman–Crippen MR) is 78.2 cm³/mol. The fourth-order valence-corrected chi connectivity index (χ4v) is 2.50. The summed E-state index contributed by atoms with van der Waals surface area (Å²) < 4.78 is 11.2. The van der Waals surface area contributed by atoms with Crippen molar-refractivity contribution in [3.05, 3.63) is 11.9 Å². The van der Waals surface area contributed by atoms with Crippen molar-refractivity contribution in [1.29, 1.82) is 0 Å². The van der Waals surface area contributed by atoms with Gasteiger partial charge in [0.2, 0.25) is 5.88 Å². The fourth-order valence-electron chi connectivity index (χ4n) is 2.50. The normalized spacial score (nSPS) is 16.4. The highest BCUT2D eigenvalue weighted by atomic mass is 16.5. The topological polar surface area (TPSA) is 73.5 Å². The van der Waals surface area contributed by atoms with Gasteiger partial charge in [0, 0.05) is 19.6 Å². The molecular formula is C14H24N4O2. The Kier molecular flexibility index (Phi) is 5.55. The van der Waals surface area contributed by atoms with Gasteiger partial charge in [-0.3, -0.25) is 0 Å². The molecule has 1 fully saturated rings. The molecule has 1 aliphatic rings. The van der Waals surface area contributed by atoms with Gasteiger partial charge in [0.05, 0.1) is 24.9 Å². The monoisotopic (exact) mass is 280 g/mol. The lowest BCUT2D eigenvalue weighted by atomic mass is 10.1. The molecule has 0 unspecified atom stereocenters. The third-order valence-corrected chi connectivity index (χ3v) is 3.51. The highest BCUT2D eigenvalue weighted by molar-refractivity contribution is 5.50. The second kappa shape index (κ2) is 7.40. The molecule has 0 atom stereocenters. The van der Waals surface area contributed by atoms with Gasteiger partial charge in [-0.15, -0.1) is 0 Å². The summed E-state index contributed by atoms with van der Waals surface area (Å²) in [4.78, 5) is 10.9. The molecule has 0 saturated carbocycles. The molecule has 2 N–H and O–H groups in total. The zero-order valence-electron chi connectivity index (χ0n) is 12.3. The lowest BCUT2D eigenvalue weighted by molar-refractivity contribution is 0.0421. The van der Waals surface area contributed by atoms with Gasteiger partial charge in [0.15, 0.2) is 0 Å². The van der Waals surface area contributed by atoms with E-state index in [0.717, 1.165) is 37.3 Å². The molecule has 0 aromatic carbocycles. The summed E-state index contributed by atoms with van der Waals surface area (Å²) in [5.41, 5.74) is 6.47. The molecule has 2 rings (SSSR count). The van der Waals surface area contributed by atoms with Crippen LogP contribution in [0.25, 0.3) is 0 Å². The minimum absolute atomic E-state index is 0.323. The SMILES string of the molecule is CCOc1ncnc(N2CCC(OCCN)CC2)c1C. The maximum atomic E-state index is 5.70. The zero-order valence-corrected chi connectivity index (χ0v) is 12.3. The van der Waals surface area contributed by atoms with Crippen molar-refractivity contribution in [2.24, 2.45) is 5.73 Å². The minimum atomic E-state index is 0.323. The fraction of sp³-hybridized carbons (Fsp3) is 0.714. The molecule has 2 heterocycles. The van der Waals surface area contributed by atoms with E-state index in [2.05, 4.69) is 14.9 Å². The Bertz CT molecular complexity index is 420. The van der Waals surface area contributed by atoms with Gasteiger partial charge in [-0.2, -0.15) is 0 Å². The number of hydrogen-bond acceptors (Lipinski definition) is 6. The number of piperidine rings is 1. The number of aromatic nitrogens is 2. The molecular weight excluding hydrogens is 256 g/mol. The van der Waals surface area contributed by atoms with Gasteiger partial charge >= 0.3 is 0 Å². The smallest absolute Gasteiger partial charge is 0.221 e. The number of ether oxygens (including phenoxy) is 2. The number of hydrogen-bond donors (Lipinski definition) is 1. The average Bonchev–Trinajstić information content (AvgIpc) is 2.48. The van der Waals surface area contributed by atoms with Gasteiger partial charge in [0.1, 0.15) is 12.1 Å². The molecule has 0 radical (unpaired) electrons. The van der Waals surface area contributed by atoms with Crippen LogP contribution in [0.5, 0.6) is 5.88 Å². The van der Waals surface area contributed by atoms with Crippen molar-refractivity contribution < 1.29 is 9.47 Å². The zero-order chi connectivity index (χ0) is 14.4. The van der Waals surface area contributed by atoms with Crippen molar-refractivity contribution in [1.82, 2.24) is 9.97 Å². The van der Waals surface area contributed by atoms with E-state index < -0.39 is 0 Å². The summed E-state index contributed by atoms with van der Waals surface area (Å²) in [5, 5.41) is 0. The molecule has 0 aliphatic carbocycles. The first-order valence-corrected chi connectivity index (χ1v) is 7.27. The Morgan fingerprint density at radius 2 is 2.10 bits per heavy atom. The van der Waals surface area contributed by atoms with E-state index in [4.69, 9.17) is 15.2 Å². The van der Waals surface area contributed by atoms with E-state index in [0.29, 0.717) is 31.7 Å². The van der Waals surface area contributed by atoms with Crippen molar-refractivity contribution in [3.63, 3.8) is 0 Å². The summed E-state index contributed by atoms with van der Waals surface area (Å²) in [5.74, 6) is 1.65. The van der Waals surface area contributed by atoms with E-state index in [1.54, 1.807) is 6.33 Å². The Labute approximate surface area is 120 Å². The average molecular weight is 280 g/mol. The van der Waals surface area contributed by atoms with Gasteiger partial charge < -0.3 is 20.1 Å². The lowest BCUT2D eigenvalue weighted by Gasteiger charge is -2.33. The van der Waals surface area contributed by atoms with E-state index >= 15 is 0 Å². The van der Waals surface area contributed by atoms with Crippen LogP contribution < -0.4 is 15.4 Å². The second-order valence-corrected chi connectivity index (χ2v) is 4.91. The predicted octanol–water partition coefficient (Wildman–Crippen LogP) is 1.13. The van der Waals surface area contributed by atoms with Crippen LogP contribution in [0.1, 0.15) is 25.3 Å². The first-order valence-electron chi connectivity index (χ1n) is 7.27. The first-order chi connectivity index (χ1) is 9.76. The van der Waals surface area contributed by atoms with Crippen LogP contribution in [0.4, 0.5) is 5.82 Å². The summed E-state index contributed by atoms with van der Waals surface area (Å²) >= 11 is 0. The number of rotatable bonds is 6. The maximum Gasteiger partial charge on any atom is 0.221 e. The molecule has 1 aromatic rings. The standard InChI is InChI=1S/C14H24N4O2/c1-3-19-14-11(2)13(16-10-17-14)18-7-4-12(5-8-18)20-9-6-15/h10,12H,3-9,15H2,1-2H3. The third-order valence-electron chi connectivity index (χ3n) is 3.51. The summed E-state index contributed by atoms with van der Waals surface area (Å²) in [6.07, 6.45) is 3.91. The van der Waals surface area contributed by atoms with E-state index in [1.807, 2.05) is 13.8 Å². The molecule has 112 valence electrons. The molecule has 0 spiro atoms. The Morgan fingerprint density at radius 1 is 1.35 bits per heavy atom. The van der Waals surface area contributed by atoms with Crippen LogP contribution in [0.15, 0.2) is 6.33 Å². The van der Waals surface area contributed by atoms with E-state index in [1.165, 1.54) is 0 Å². The molecule has 20 heavy (non-hydrogen) atoms. The van der Waals surface area contributed by atoms with Gasteiger partial charge in [-0.05, 0) is 26.7 Å². The van der Waals surface area contributed by atoms with Gasteiger partial charge in [0.25, 0.3) is 0 Å². The van der Waals surface area contributed by atoms with Crippen LogP contribution in [0, 0.1) is 6.92 Å². The first kappa shape index (κ1) is 15.0. The molecule has 0 amide bonds. The molecule has 1 aliphatic heterocycles. The summed E-state index contributed by atoms with van der Waals surface area (Å²) in [6.45, 7) is 7.71. The molecule has 6 nitrogen and oxygen atoms in total. The van der Waals surface area contributed by atoms with Crippen LogP contribution in [0.3, 0.4) is 0 Å². The molecule has 1 aromatic heterocycles. The van der Waals surface area contributed by atoms with Crippen molar-refractivity contribution in [2.45, 2.75) is 32.8 Å². The molecule has 6 heteroatoms. The molecule has 0 bridgehead atoms. The van der Waals surface area contributed by atoms with Crippen molar-refractivity contribution in [2.75, 3.05) is 37.7 Å². The third kappa shape index (κ3) is 3.58. The number of nitrogens with zero attached hydrogens (tertiary/aromatic N) is 3. The Morgan fingerprint density at radius 3 is 2.75 bits per heavy atom. The Balaban J connectivity index is 1.98. The second-order valence-electron chi connectivity index (χ2n) is 4.91. The van der Waals surface area contributed by atoms with Crippen LogP contribution in [-0.2, 0) is 4.74 Å². The van der Waals surface area contributed by atoms with E-state index in [-0.39, 0.29) is 0 Å². The number of nitrogens with two attached hydrogens (primary N) is 1. The van der Waals surface area contributed by atoms with Crippen molar-refractivity contribution in [3.8, 4) is 5.88 Å². The summed E-state index contributed by atoms with van der Waals surface area (Å²) in [6, 6.07) is 0. The largest absolute Gasteiger partial charge is 0.478 e. The molecule has 1 saturated heterocycles. The van der Waals surface area contributed by atoms with Crippen LogP contribution in [-0.4, -0.2) is 48.9 Å². The van der Waals surface area contributed by atoms with E-state index in [9.17, 15) is 0 Å². The van der Waals surface area contributed by atoms with Crippen LogP contribution >= 0.6 is 0 Å². The van der Waals surface area contributed by atoms with Crippen molar-refractivity contribution >= 4 is 5.82 Å². The Hall–Kier alpha value is -1.40. The quantitative estimate of drug-likeness (QED) is 0.842. The number of anilines is 1. The highest BCUT2D eigenvalue weighted by Gasteiger charge is 2.22. The maximum absolute atomic E-state index is 5.70. The van der Waals surface area contributed by atoms with Gasteiger partial charge in [-0.1, -0.05) is 0 Å². The summed E-state index contributed by atoms with van der Waals surface area (Å²) in [7, 11) is 0. The highest BCUT2D eigenvalue weighted by Crippen LogP contribution is 2.26.